The van der Waals surface area contributed by atoms with Gasteiger partial charge in [0.25, 0.3) is 0 Å². The van der Waals surface area contributed by atoms with Gasteiger partial charge in [-0.05, 0) is 28.3 Å². The van der Waals surface area contributed by atoms with Crippen LogP contribution in [0.2, 0.25) is 0 Å². The van der Waals surface area contributed by atoms with E-state index in [1.165, 1.54) is 37.0 Å². The normalized spacial score (nSPS) is 18.2. The van der Waals surface area contributed by atoms with Crippen LogP contribution in [-0.4, -0.2) is 4.98 Å². The zero-order chi connectivity index (χ0) is 9.26. The molecule has 0 bridgehead atoms. The van der Waals surface area contributed by atoms with Crippen LogP contribution < -0.4 is 5.73 Å². The van der Waals surface area contributed by atoms with Crippen LogP contribution in [0.4, 0.5) is 5.13 Å². The molecule has 1 aromatic rings. The predicted octanol–water partition coefficient (Wildman–Crippen LogP) is 3.22. The van der Waals surface area contributed by atoms with Crippen molar-refractivity contribution in [1.29, 1.82) is 0 Å². The Hall–Kier alpha value is -0.0900. The highest BCUT2D eigenvalue weighted by atomic mass is 79.9. The number of hydrogen-bond donors (Lipinski definition) is 1. The van der Waals surface area contributed by atoms with E-state index in [1.54, 1.807) is 0 Å². The number of hydrogen-bond acceptors (Lipinski definition) is 3. The van der Waals surface area contributed by atoms with E-state index in [9.17, 15) is 0 Å². The Morgan fingerprint density at radius 3 is 2.69 bits per heavy atom. The molecule has 0 amide bonds. The van der Waals surface area contributed by atoms with Gasteiger partial charge in [-0.15, -0.1) is 0 Å². The number of nitrogen functional groups attached to an aromatic ring is 1. The van der Waals surface area contributed by atoms with Crippen molar-refractivity contribution in [3.05, 3.63) is 9.48 Å². The Balaban J connectivity index is 2.03. The van der Waals surface area contributed by atoms with Gasteiger partial charge in [0.2, 0.25) is 0 Å². The third kappa shape index (κ3) is 2.23. The minimum absolute atomic E-state index is 0.680. The minimum Gasteiger partial charge on any atom is -0.375 e. The number of rotatable bonds is 2. The Morgan fingerprint density at radius 2 is 2.15 bits per heavy atom. The monoisotopic (exact) mass is 260 g/mol. The summed E-state index contributed by atoms with van der Waals surface area (Å²) in [6, 6.07) is 0. The molecular formula is C9H13BrN2S. The summed E-state index contributed by atoms with van der Waals surface area (Å²) < 4.78 is 1.12. The third-order valence-corrected chi connectivity index (χ3v) is 4.28. The molecule has 0 radical (unpaired) electrons. The Kier molecular flexibility index (Phi) is 2.89. The molecule has 1 heterocycles. The maximum Gasteiger partial charge on any atom is 0.181 e. The first-order chi connectivity index (χ1) is 6.25. The Labute approximate surface area is 90.7 Å². The number of nitrogens with zero attached hydrogens (tertiary/aromatic N) is 1. The van der Waals surface area contributed by atoms with Crippen molar-refractivity contribution < 1.29 is 0 Å². The second-order valence-electron chi connectivity index (χ2n) is 3.63. The first kappa shape index (κ1) is 9.46. The van der Waals surface area contributed by atoms with E-state index in [2.05, 4.69) is 20.9 Å². The fourth-order valence-corrected chi connectivity index (χ4v) is 3.30. The van der Waals surface area contributed by atoms with E-state index < -0.39 is 0 Å². The molecule has 0 saturated heterocycles. The fourth-order valence-electron chi connectivity index (χ4n) is 1.96. The summed E-state index contributed by atoms with van der Waals surface area (Å²) in [5, 5.41) is 0.680. The molecule has 1 fully saturated rings. The lowest BCUT2D eigenvalue weighted by atomic mass is 10.0. The number of nitrogens with two attached hydrogens (primary N) is 1. The van der Waals surface area contributed by atoms with Gasteiger partial charge in [0, 0.05) is 0 Å². The van der Waals surface area contributed by atoms with Gasteiger partial charge in [0.1, 0.15) is 0 Å². The van der Waals surface area contributed by atoms with Crippen LogP contribution in [0.5, 0.6) is 0 Å². The van der Waals surface area contributed by atoms with E-state index in [-0.39, 0.29) is 0 Å². The summed E-state index contributed by atoms with van der Waals surface area (Å²) in [7, 11) is 0. The average Bonchev–Trinajstić information content (AvgIpc) is 2.63. The molecule has 0 aliphatic heterocycles. The quantitative estimate of drug-likeness (QED) is 0.887. The topological polar surface area (TPSA) is 38.9 Å². The second kappa shape index (κ2) is 3.96. The smallest absolute Gasteiger partial charge is 0.181 e. The molecule has 0 unspecified atom stereocenters. The SMILES string of the molecule is Nc1nc(CC2CCCC2)c(Br)s1. The molecule has 4 heteroatoms. The molecule has 1 aliphatic rings. The fraction of sp³-hybridized carbons (Fsp3) is 0.667. The molecule has 1 aromatic heterocycles. The average molecular weight is 261 g/mol. The van der Waals surface area contributed by atoms with Crippen molar-refractivity contribution in [2.45, 2.75) is 32.1 Å². The van der Waals surface area contributed by atoms with E-state index in [0.29, 0.717) is 5.13 Å². The molecule has 0 atom stereocenters. The molecule has 2 rings (SSSR count). The van der Waals surface area contributed by atoms with Gasteiger partial charge < -0.3 is 5.73 Å². The summed E-state index contributed by atoms with van der Waals surface area (Å²) >= 11 is 5.04. The van der Waals surface area contributed by atoms with E-state index in [4.69, 9.17) is 5.73 Å². The van der Waals surface area contributed by atoms with Crippen LogP contribution in [0.25, 0.3) is 0 Å². The van der Waals surface area contributed by atoms with Crippen LogP contribution in [0.1, 0.15) is 31.4 Å². The highest BCUT2D eigenvalue weighted by molar-refractivity contribution is 9.11. The van der Waals surface area contributed by atoms with Gasteiger partial charge in [-0.2, -0.15) is 0 Å². The summed E-state index contributed by atoms with van der Waals surface area (Å²) in [6.07, 6.45) is 6.62. The summed E-state index contributed by atoms with van der Waals surface area (Å²) in [5.41, 5.74) is 6.79. The lowest BCUT2D eigenvalue weighted by Gasteiger charge is -2.05. The number of thiazole rings is 1. The van der Waals surface area contributed by atoms with Gasteiger partial charge in [0.15, 0.2) is 5.13 Å². The largest absolute Gasteiger partial charge is 0.375 e. The first-order valence-corrected chi connectivity index (χ1v) is 6.27. The summed E-state index contributed by atoms with van der Waals surface area (Å²) in [6.45, 7) is 0. The molecule has 72 valence electrons. The Morgan fingerprint density at radius 1 is 1.46 bits per heavy atom. The molecule has 0 aromatic carbocycles. The van der Waals surface area contributed by atoms with Crippen LogP contribution in [0.15, 0.2) is 3.79 Å². The van der Waals surface area contributed by atoms with Crippen molar-refractivity contribution in [3.63, 3.8) is 0 Å². The van der Waals surface area contributed by atoms with Gasteiger partial charge >= 0.3 is 0 Å². The molecule has 13 heavy (non-hydrogen) atoms. The predicted molar refractivity (Wildman–Crippen MR) is 59.9 cm³/mol. The molecule has 2 N–H and O–H groups in total. The summed E-state index contributed by atoms with van der Waals surface area (Å²) in [5.74, 6) is 0.845. The van der Waals surface area contributed by atoms with Crippen molar-refractivity contribution >= 4 is 32.4 Å². The molecule has 2 nitrogen and oxygen atoms in total. The van der Waals surface area contributed by atoms with Crippen LogP contribution in [-0.2, 0) is 6.42 Å². The van der Waals surface area contributed by atoms with Gasteiger partial charge in [-0.3, -0.25) is 0 Å². The minimum atomic E-state index is 0.680. The van der Waals surface area contributed by atoms with Crippen LogP contribution in [0, 0.1) is 5.92 Å². The lowest BCUT2D eigenvalue weighted by Crippen LogP contribution is -1.99. The van der Waals surface area contributed by atoms with E-state index in [1.807, 2.05) is 0 Å². The van der Waals surface area contributed by atoms with Crippen molar-refractivity contribution in [1.82, 2.24) is 4.98 Å². The highest BCUT2D eigenvalue weighted by Gasteiger charge is 2.18. The molecule has 0 spiro atoms. The maximum absolute atomic E-state index is 5.63. The highest BCUT2D eigenvalue weighted by Crippen LogP contribution is 2.33. The van der Waals surface area contributed by atoms with Gasteiger partial charge in [-0.25, -0.2) is 4.98 Å². The summed E-state index contributed by atoms with van der Waals surface area (Å²) in [4.78, 5) is 4.32. The third-order valence-electron chi connectivity index (χ3n) is 2.62. The van der Waals surface area contributed by atoms with Gasteiger partial charge in [-0.1, -0.05) is 37.0 Å². The molecular weight excluding hydrogens is 248 g/mol. The Bertz CT molecular complexity index is 292. The van der Waals surface area contributed by atoms with Crippen molar-refractivity contribution in [2.24, 2.45) is 5.92 Å². The van der Waals surface area contributed by atoms with E-state index >= 15 is 0 Å². The standard InChI is InChI=1S/C9H13BrN2S/c10-8-7(12-9(11)13-8)5-6-3-1-2-4-6/h6H,1-5H2,(H2,11,12). The maximum atomic E-state index is 5.63. The second-order valence-corrected chi connectivity index (χ2v) is 5.98. The number of anilines is 1. The molecule has 1 aliphatic carbocycles. The van der Waals surface area contributed by atoms with Crippen LogP contribution in [0.3, 0.4) is 0 Å². The number of halogens is 1. The van der Waals surface area contributed by atoms with E-state index in [0.717, 1.165) is 21.8 Å². The first-order valence-electron chi connectivity index (χ1n) is 4.66. The number of aromatic nitrogens is 1. The van der Waals surface area contributed by atoms with Crippen LogP contribution >= 0.6 is 27.3 Å². The molecule has 1 saturated carbocycles. The lowest BCUT2D eigenvalue weighted by molar-refractivity contribution is 0.540. The van der Waals surface area contributed by atoms with Crippen molar-refractivity contribution in [3.8, 4) is 0 Å². The van der Waals surface area contributed by atoms with Crippen molar-refractivity contribution in [2.75, 3.05) is 5.73 Å². The van der Waals surface area contributed by atoms with Gasteiger partial charge in [0.05, 0.1) is 9.48 Å². The zero-order valence-electron chi connectivity index (χ0n) is 7.42. The zero-order valence-corrected chi connectivity index (χ0v) is 9.83.